The van der Waals surface area contributed by atoms with Crippen molar-refractivity contribution in [2.24, 2.45) is 16.7 Å². The van der Waals surface area contributed by atoms with Crippen LogP contribution < -0.4 is 0 Å². The summed E-state index contributed by atoms with van der Waals surface area (Å²) in [5.41, 5.74) is 3.26. The first-order valence-corrected chi connectivity index (χ1v) is 8.32. The number of benzene rings is 1. The number of carbonyl (C=O) groups excluding carboxylic acids is 1. The molecule has 1 fully saturated rings. The number of aliphatic hydroxyl groups is 1. The molecular formula is C20H26O2. The third kappa shape index (κ3) is 1.76. The predicted octanol–water partition coefficient (Wildman–Crippen LogP) is 4.85. The number of ketones is 1. The molecule has 0 aromatic heterocycles. The number of carbonyl (C=O) groups is 1. The van der Waals surface area contributed by atoms with Crippen LogP contribution in [0, 0.1) is 23.7 Å². The van der Waals surface area contributed by atoms with Crippen LogP contribution in [0.2, 0.25) is 0 Å². The normalized spacial score (nSPS) is 30.0. The van der Waals surface area contributed by atoms with Crippen LogP contribution in [-0.4, -0.2) is 10.9 Å². The molecule has 2 unspecified atom stereocenters. The van der Waals surface area contributed by atoms with Gasteiger partial charge in [0.2, 0.25) is 0 Å². The Balaban J connectivity index is 2.26. The van der Waals surface area contributed by atoms with E-state index in [-0.39, 0.29) is 22.5 Å². The number of allylic oxidation sites excluding steroid dienone is 2. The van der Waals surface area contributed by atoms with E-state index < -0.39 is 0 Å². The van der Waals surface area contributed by atoms with Crippen molar-refractivity contribution in [3.8, 4) is 0 Å². The van der Waals surface area contributed by atoms with Gasteiger partial charge in [-0.2, -0.15) is 0 Å². The van der Waals surface area contributed by atoms with E-state index in [0.29, 0.717) is 11.3 Å². The van der Waals surface area contributed by atoms with Gasteiger partial charge in [-0.25, -0.2) is 0 Å². The molecule has 2 atom stereocenters. The van der Waals surface area contributed by atoms with Crippen molar-refractivity contribution in [3.63, 3.8) is 0 Å². The monoisotopic (exact) mass is 298 g/mol. The lowest BCUT2D eigenvalue weighted by Gasteiger charge is -2.45. The Labute approximate surface area is 133 Å². The lowest BCUT2D eigenvalue weighted by molar-refractivity contribution is -0.128. The zero-order chi connectivity index (χ0) is 16.3. The second-order valence-corrected chi connectivity index (χ2v) is 7.75. The summed E-state index contributed by atoms with van der Waals surface area (Å²) in [6, 6.07) is 6.22. The van der Waals surface area contributed by atoms with E-state index in [1.807, 2.05) is 6.92 Å². The molecule has 1 N–H and O–H groups in total. The molecule has 2 aliphatic rings. The van der Waals surface area contributed by atoms with E-state index in [4.69, 9.17) is 0 Å². The molecule has 22 heavy (non-hydrogen) atoms. The maximum atomic E-state index is 13.3. The molecule has 0 heterocycles. The largest absolute Gasteiger partial charge is 0.511 e. The highest BCUT2D eigenvalue weighted by Crippen LogP contribution is 2.63. The van der Waals surface area contributed by atoms with E-state index in [2.05, 4.69) is 45.9 Å². The van der Waals surface area contributed by atoms with Gasteiger partial charge in [0.1, 0.15) is 5.76 Å². The Bertz CT molecular complexity index is 681. The van der Waals surface area contributed by atoms with Gasteiger partial charge in [0.05, 0.1) is 5.57 Å². The molecule has 0 amide bonds. The first-order chi connectivity index (χ1) is 10.2. The summed E-state index contributed by atoms with van der Waals surface area (Å²) >= 11 is 0. The number of hydrogen-bond donors (Lipinski definition) is 1. The summed E-state index contributed by atoms with van der Waals surface area (Å²) in [6.45, 7) is 10.5. The molecule has 0 radical (unpaired) electrons. The maximum Gasteiger partial charge on any atom is 0.173 e. The molecule has 1 saturated carbocycles. The average molecular weight is 298 g/mol. The lowest BCUT2D eigenvalue weighted by Crippen LogP contribution is -2.45. The van der Waals surface area contributed by atoms with E-state index in [9.17, 15) is 9.90 Å². The third-order valence-electron chi connectivity index (χ3n) is 6.46. The molecule has 2 nitrogen and oxygen atoms in total. The summed E-state index contributed by atoms with van der Waals surface area (Å²) in [5, 5.41) is 10.9. The zero-order valence-corrected chi connectivity index (χ0v) is 14.3. The van der Waals surface area contributed by atoms with E-state index in [1.165, 1.54) is 0 Å². The fraction of sp³-hybridized carbons (Fsp3) is 0.550. The average Bonchev–Trinajstić information content (AvgIpc) is 2.64. The van der Waals surface area contributed by atoms with E-state index in [1.54, 1.807) is 0 Å². The van der Waals surface area contributed by atoms with Crippen molar-refractivity contribution in [2.45, 2.75) is 53.9 Å². The van der Waals surface area contributed by atoms with Crippen molar-refractivity contribution in [2.75, 3.05) is 0 Å². The van der Waals surface area contributed by atoms with Crippen LogP contribution in [0.15, 0.2) is 24.0 Å². The fourth-order valence-electron chi connectivity index (χ4n) is 4.44. The first-order valence-electron chi connectivity index (χ1n) is 8.32. The molecule has 2 aliphatic carbocycles. The summed E-state index contributed by atoms with van der Waals surface area (Å²) in [7, 11) is 0. The van der Waals surface area contributed by atoms with Gasteiger partial charge >= 0.3 is 0 Å². The molecule has 1 aromatic rings. The Morgan fingerprint density at radius 2 is 1.95 bits per heavy atom. The minimum absolute atomic E-state index is 0.0930. The van der Waals surface area contributed by atoms with E-state index in [0.717, 1.165) is 36.0 Å². The molecule has 2 bridgehead atoms. The Morgan fingerprint density at radius 3 is 2.59 bits per heavy atom. The van der Waals surface area contributed by atoms with Gasteiger partial charge in [-0.15, -0.1) is 0 Å². The predicted molar refractivity (Wildman–Crippen MR) is 89.7 cm³/mol. The minimum Gasteiger partial charge on any atom is -0.511 e. The molecule has 118 valence electrons. The van der Waals surface area contributed by atoms with Crippen molar-refractivity contribution >= 4 is 11.4 Å². The second kappa shape index (κ2) is 4.71. The number of hydrogen-bond acceptors (Lipinski definition) is 2. The molecule has 0 spiro atoms. The molecule has 0 saturated heterocycles. The van der Waals surface area contributed by atoms with Crippen molar-refractivity contribution in [3.05, 3.63) is 40.6 Å². The minimum atomic E-state index is -0.367. The van der Waals surface area contributed by atoms with Crippen molar-refractivity contribution in [1.29, 1.82) is 0 Å². The number of Topliss-reactive ketones (excluding diaryl/α,β-unsaturated/α-hetero) is 1. The van der Waals surface area contributed by atoms with Crippen molar-refractivity contribution < 1.29 is 9.90 Å². The molecule has 0 aliphatic heterocycles. The number of fused-ring (bicyclic) bond motifs is 2. The SMILES string of the molecule is CCc1ccc(C)cc1C1=C(O)C2CCC(C)(C1=O)C2(C)C. The van der Waals surface area contributed by atoms with Gasteiger partial charge in [-0.3, -0.25) is 4.79 Å². The Morgan fingerprint density at radius 1 is 1.27 bits per heavy atom. The van der Waals surface area contributed by atoms with Crippen LogP contribution in [0.25, 0.3) is 5.57 Å². The number of aliphatic hydroxyl groups excluding tert-OH is 1. The van der Waals surface area contributed by atoms with Gasteiger partial charge < -0.3 is 5.11 Å². The smallest absolute Gasteiger partial charge is 0.173 e. The quantitative estimate of drug-likeness (QED) is 0.847. The Kier molecular flexibility index (Phi) is 3.28. The first kappa shape index (κ1) is 15.3. The molecule has 1 aromatic carbocycles. The third-order valence-corrected chi connectivity index (χ3v) is 6.46. The summed E-state index contributed by atoms with van der Waals surface area (Å²) in [6.07, 6.45) is 2.63. The van der Waals surface area contributed by atoms with Gasteiger partial charge in [0.15, 0.2) is 5.78 Å². The zero-order valence-electron chi connectivity index (χ0n) is 14.3. The maximum absolute atomic E-state index is 13.3. The van der Waals surface area contributed by atoms with Crippen LogP contribution in [0.3, 0.4) is 0 Å². The van der Waals surface area contributed by atoms with E-state index >= 15 is 0 Å². The van der Waals surface area contributed by atoms with Gasteiger partial charge in [-0.05, 0) is 42.7 Å². The van der Waals surface area contributed by atoms with Crippen LogP contribution in [0.5, 0.6) is 0 Å². The topological polar surface area (TPSA) is 37.3 Å². The fourth-order valence-corrected chi connectivity index (χ4v) is 4.44. The van der Waals surface area contributed by atoms with Crippen molar-refractivity contribution in [1.82, 2.24) is 0 Å². The lowest BCUT2D eigenvalue weighted by atomic mass is 9.58. The Hall–Kier alpha value is -1.57. The number of rotatable bonds is 2. The van der Waals surface area contributed by atoms with Crippen LogP contribution in [-0.2, 0) is 11.2 Å². The van der Waals surface area contributed by atoms with Crippen LogP contribution in [0.1, 0.15) is 57.2 Å². The summed E-state index contributed by atoms with van der Waals surface area (Å²) in [5.74, 6) is 0.546. The molecular weight excluding hydrogens is 272 g/mol. The number of aryl methyl sites for hydroxylation is 2. The highest BCUT2D eigenvalue weighted by Gasteiger charge is 2.61. The van der Waals surface area contributed by atoms with Gasteiger partial charge in [0, 0.05) is 11.3 Å². The van der Waals surface area contributed by atoms with Crippen LogP contribution in [0.4, 0.5) is 0 Å². The highest BCUT2D eigenvalue weighted by molar-refractivity contribution is 6.25. The van der Waals surface area contributed by atoms with Crippen LogP contribution >= 0.6 is 0 Å². The standard InChI is InChI=1S/C20H26O2/c1-6-13-8-7-12(2)11-14(13)16-17(21)15-9-10-20(5,18(16)22)19(15,3)4/h7-8,11,15,21H,6,9-10H2,1-5H3. The van der Waals surface area contributed by atoms with Gasteiger partial charge in [0.25, 0.3) is 0 Å². The summed E-state index contributed by atoms with van der Waals surface area (Å²) in [4.78, 5) is 13.3. The summed E-state index contributed by atoms with van der Waals surface area (Å²) < 4.78 is 0. The molecule has 3 rings (SSSR count). The highest BCUT2D eigenvalue weighted by atomic mass is 16.3. The van der Waals surface area contributed by atoms with Gasteiger partial charge in [-0.1, -0.05) is 51.5 Å². The second-order valence-electron chi connectivity index (χ2n) is 7.75. The molecule has 2 heteroatoms.